The van der Waals surface area contributed by atoms with Crippen LogP contribution in [0, 0.1) is 0 Å². The minimum absolute atomic E-state index is 0. The van der Waals surface area contributed by atoms with Crippen LogP contribution in [0.5, 0.6) is 5.75 Å². The fourth-order valence-corrected chi connectivity index (χ4v) is 3.65. The maximum absolute atomic E-state index is 5.86. The van der Waals surface area contributed by atoms with Crippen molar-refractivity contribution in [1.29, 1.82) is 0 Å². The summed E-state index contributed by atoms with van der Waals surface area (Å²) in [6.07, 6.45) is 4.31. The fourth-order valence-electron chi connectivity index (χ4n) is 3.65. The summed E-state index contributed by atoms with van der Waals surface area (Å²) in [6, 6.07) is 8.65. The SMILES string of the molecule is CN=C(NCc1ncc(C(C)(C)C)o1)NCC(c1ccc(OC)cc1)N1CCCC1.I. The molecule has 1 aromatic carbocycles. The molecule has 0 saturated carbocycles. The number of oxazole rings is 1. The highest BCUT2D eigenvalue weighted by molar-refractivity contribution is 14.0. The van der Waals surface area contributed by atoms with Crippen molar-refractivity contribution in [1.82, 2.24) is 20.5 Å². The van der Waals surface area contributed by atoms with Crippen LogP contribution in [-0.4, -0.2) is 49.6 Å². The maximum Gasteiger partial charge on any atom is 0.213 e. The molecule has 7 nitrogen and oxygen atoms in total. The second-order valence-electron chi connectivity index (χ2n) is 8.71. The van der Waals surface area contributed by atoms with E-state index in [0.29, 0.717) is 12.4 Å². The highest BCUT2D eigenvalue weighted by Crippen LogP contribution is 2.26. The summed E-state index contributed by atoms with van der Waals surface area (Å²) in [5.74, 6) is 3.16. The second kappa shape index (κ2) is 11.7. The molecular weight excluding hydrogens is 505 g/mol. The van der Waals surface area contributed by atoms with E-state index in [4.69, 9.17) is 9.15 Å². The van der Waals surface area contributed by atoms with Crippen molar-refractivity contribution in [3.05, 3.63) is 47.7 Å². The van der Waals surface area contributed by atoms with Gasteiger partial charge in [0.1, 0.15) is 11.5 Å². The standard InChI is InChI=1S/C23H35N5O2.HI/c1-23(2,3)20-15-25-21(30-20)16-27-22(24-4)26-14-19(28-12-6-7-13-28)17-8-10-18(29-5)11-9-17;/h8-11,15,19H,6-7,12-14,16H2,1-5H3,(H2,24,26,27);1H. The van der Waals surface area contributed by atoms with E-state index in [1.54, 1.807) is 20.4 Å². The van der Waals surface area contributed by atoms with Gasteiger partial charge in [-0.2, -0.15) is 0 Å². The number of guanidine groups is 1. The molecule has 0 bridgehead atoms. The van der Waals surface area contributed by atoms with E-state index in [0.717, 1.165) is 37.1 Å². The number of ether oxygens (including phenoxy) is 1. The van der Waals surface area contributed by atoms with E-state index in [9.17, 15) is 0 Å². The number of halogens is 1. The van der Waals surface area contributed by atoms with Gasteiger partial charge in [0.05, 0.1) is 25.9 Å². The summed E-state index contributed by atoms with van der Waals surface area (Å²) in [5.41, 5.74) is 1.23. The van der Waals surface area contributed by atoms with Crippen LogP contribution in [0.2, 0.25) is 0 Å². The van der Waals surface area contributed by atoms with Gasteiger partial charge in [0, 0.05) is 19.0 Å². The molecule has 1 aliphatic heterocycles. The van der Waals surface area contributed by atoms with E-state index in [-0.39, 0.29) is 35.4 Å². The van der Waals surface area contributed by atoms with Crippen molar-refractivity contribution >= 4 is 29.9 Å². The monoisotopic (exact) mass is 541 g/mol. The van der Waals surface area contributed by atoms with Crippen molar-refractivity contribution in [2.24, 2.45) is 4.99 Å². The number of nitrogens with zero attached hydrogens (tertiary/aromatic N) is 3. The smallest absolute Gasteiger partial charge is 0.213 e. The zero-order valence-electron chi connectivity index (χ0n) is 19.3. The third-order valence-electron chi connectivity index (χ3n) is 5.47. The number of aromatic nitrogens is 1. The molecule has 0 amide bonds. The van der Waals surface area contributed by atoms with Crippen LogP contribution in [0.3, 0.4) is 0 Å². The molecule has 2 heterocycles. The summed E-state index contributed by atoms with van der Waals surface area (Å²) in [6.45, 7) is 9.85. The quantitative estimate of drug-likeness (QED) is 0.313. The molecule has 0 aliphatic carbocycles. The second-order valence-corrected chi connectivity index (χ2v) is 8.71. The van der Waals surface area contributed by atoms with Crippen molar-refractivity contribution in [3.63, 3.8) is 0 Å². The molecule has 31 heavy (non-hydrogen) atoms. The van der Waals surface area contributed by atoms with Gasteiger partial charge in [0.2, 0.25) is 5.89 Å². The maximum atomic E-state index is 5.86. The minimum atomic E-state index is -0.0491. The van der Waals surface area contributed by atoms with Crippen LogP contribution in [-0.2, 0) is 12.0 Å². The van der Waals surface area contributed by atoms with Crippen LogP contribution >= 0.6 is 24.0 Å². The normalized spacial score (nSPS) is 16.0. The van der Waals surface area contributed by atoms with Gasteiger partial charge in [-0.25, -0.2) is 4.98 Å². The summed E-state index contributed by atoms with van der Waals surface area (Å²) in [5, 5.41) is 6.79. The van der Waals surface area contributed by atoms with Crippen LogP contribution in [0.4, 0.5) is 0 Å². The largest absolute Gasteiger partial charge is 0.497 e. The molecule has 1 unspecified atom stereocenters. The van der Waals surface area contributed by atoms with Crippen LogP contribution in [0.15, 0.2) is 39.9 Å². The molecule has 172 valence electrons. The van der Waals surface area contributed by atoms with Gasteiger partial charge in [-0.05, 0) is 43.6 Å². The number of methoxy groups -OCH3 is 1. The first-order valence-corrected chi connectivity index (χ1v) is 10.7. The van der Waals surface area contributed by atoms with Crippen LogP contribution in [0.25, 0.3) is 0 Å². The number of aliphatic imine (C=N–C) groups is 1. The van der Waals surface area contributed by atoms with Crippen LogP contribution < -0.4 is 15.4 Å². The lowest BCUT2D eigenvalue weighted by molar-refractivity contribution is 0.245. The van der Waals surface area contributed by atoms with Crippen LogP contribution in [0.1, 0.15) is 56.9 Å². The molecule has 3 rings (SSSR count). The highest BCUT2D eigenvalue weighted by Gasteiger charge is 2.24. The van der Waals surface area contributed by atoms with E-state index < -0.39 is 0 Å². The third-order valence-corrected chi connectivity index (χ3v) is 5.47. The van der Waals surface area contributed by atoms with E-state index in [1.165, 1.54) is 18.4 Å². The molecule has 1 aromatic heterocycles. The van der Waals surface area contributed by atoms with Crippen molar-refractivity contribution in [3.8, 4) is 5.75 Å². The Kier molecular flexibility index (Phi) is 9.61. The first-order valence-electron chi connectivity index (χ1n) is 10.7. The Labute approximate surface area is 203 Å². The molecule has 1 aliphatic rings. The molecular formula is C23H36IN5O2. The van der Waals surface area contributed by atoms with Gasteiger partial charge in [-0.15, -0.1) is 24.0 Å². The Morgan fingerprint density at radius 3 is 2.42 bits per heavy atom. The van der Waals surface area contributed by atoms with Gasteiger partial charge in [-0.3, -0.25) is 9.89 Å². The molecule has 2 aromatic rings. The van der Waals surface area contributed by atoms with E-state index in [1.807, 2.05) is 12.1 Å². The number of rotatable bonds is 7. The van der Waals surface area contributed by atoms with Crippen molar-refractivity contribution in [2.45, 2.75) is 51.6 Å². The molecule has 1 atom stereocenters. The first-order chi connectivity index (χ1) is 14.4. The Bertz CT molecular complexity index is 823. The molecule has 1 fully saturated rings. The summed E-state index contributed by atoms with van der Waals surface area (Å²) in [7, 11) is 3.48. The third kappa shape index (κ3) is 7.10. The predicted molar refractivity (Wildman–Crippen MR) is 135 cm³/mol. The van der Waals surface area contributed by atoms with E-state index >= 15 is 0 Å². The zero-order valence-corrected chi connectivity index (χ0v) is 21.6. The summed E-state index contributed by atoms with van der Waals surface area (Å²) in [4.78, 5) is 11.3. The average Bonchev–Trinajstić information content (AvgIpc) is 3.43. The lowest BCUT2D eigenvalue weighted by Gasteiger charge is -2.29. The average molecular weight is 541 g/mol. The van der Waals surface area contributed by atoms with E-state index in [2.05, 4.69) is 58.4 Å². The van der Waals surface area contributed by atoms with Gasteiger partial charge in [0.25, 0.3) is 0 Å². The molecule has 1 saturated heterocycles. The topological polar surface area (TPSA) is 74.9 Å². The predicted octanol–water partition coefficient (Wildman–Crippen LogP) is 4.10. The number of hydrogen-bond acceptors (Lipinski definition) is 5. The number of likely N-dealkylation sites (tertiary alicyclic amines) is 1. The lowest BCUT2D eigenvalue weighted by atomic mass is 9.94. The number of benzene rings is 1. The first kappa shape index (κ1) is 25.5. The van der Waals surface area contributed by atoms with Crippen molar-refractivity contribution < 1.29 is 9.15 Å². The van der Waals surface area contributed by atoms with Gasteiger partial charge >= 0.3 is 0 Å². The van der Waals surface area contributed by atoms with Gasteiger partial charge in [0.15, 0.2) is 5.96 Å². The molecule has 0 radical (unpaired) electrons. The Morgan fingerprint density at radius 1 is 1.19 bits per heavy atom. The van der Waals surface area contributed by atoms with Crippen molar-refractivity contribution in [2.75, 3.05) is 33.8 Å². The molecule has 8 heteroatoms. The lowest BCUT2D eigenvalue weighted by Crippen LogP contribution is -2.42. The number of hydrogen-bond donors (Lipinski definition) is 2. The Morgan fingerprint density at radius 2 is 1.87 bits per heavy atom. The minimum Gasteiger partial charge on any atom is -0.497 e. The number of nitrogens with one attached hydrogen (secondary N) is 2. The molecule has 2 N–H and O–H groups in total. The Hall–Kier alpha value is -1.81. The Balaban J connectivity index is 0.00000341. The van der Waals surface area contributed by atoms with Gasteiger partial charge < -0.3 is 19.8 Å². The summed E-state index contributed by atoms with van der Waals surface area (Å²) >= 11 is 0. The fraction of sp³-hybridized carbons (Fsp3) is 0.565. The summed E-state index contributed by atoms with van der Waals surface area (Å²) < 4.78 is 11.2. The molecule has 0 spiro atoms. The highest BCUT2D eigenvalue weighted by atomic mass is 127. The van der Waals surface area contributed by atoms with Gasteiger partial charge in [-0.1, -0.05) is 32.9 Å². The zero-order chi connectivity index (χ0) is 21.6.